The van der Waals surface area contributed by atoms with Crippen LogP contribution in [0.4, 0.5) is 5.69 Å². The summed E-state index contributed by atoms with van der Waals surface area (Å²) in [4.78, 5) is 11.0. The van der Waals surface area contributed by atoms with Crippen LogP contribution in [0.25, 0.3) is 0 Å². The zero-order valence-electron chi connectivity index (χ0n) is 13.1. The normalized spacial score (nSPS) is 19.9. The molecule has 0 unspecified atom stereocenters. The summed E-state index contributed by atoms with van der Waals surface area (Å²) in [5.74, 6) is 3.47. The zero-order valence-corrected chi connectivity index (χ0v) is 13.1. The Morgan fingerprint density at radius 2 is 1.91 bits per heavy atom. The molecule has 1 saturated carbocycles. The molecule has 22 heavy (non-hydrogen) atoms. The van der Waals surface area contributed by atoms with Gasteiger partial charge < -0.3 is 15.1 Å². The maximum Gasteiger partial charge on any atom is 0.221 e. The highest BCUT2D eigenvalue weighted by molar-refractivity contribution is 5.88. The lowest BCUT2D eigenvalue weighted by Crippen LogP contribution is -2.12. The number of furan rings is 1. The van der Waals surface area contributed by atoms with Crippen LogP contribution in [-0.2, 0) is 17.9 Å². The summed E-state index contributed by atoms with van der Waals surface area (Å²) in [5.41, 5.74) is 2.00. The fourth-order valence-electron chi connectivity index (χ4n) is 2.65. The Morgan fingerprint density at radius 3 is 2.55 bits per heavy atom. The van der Waals surface area contributed by atoms with E-state index >= 15 is 0 Å². The molecule has 0 saturated heterocycles. The molecule has 0 bridgehead atoms. The molecule has 2 atom stereocenters. The monoisotopic (exact) mass is 298 g/mol. The number of anilines is 1. The van der Waals surface area contributed by atoms with Gasteiger partial charge in [-0.1, -0.05) is 19.1 Å². The molecule has 0 radical (unpaired) electrons. The third kappa shape index (κ3) is 3.77. The molecule has 3 rings (SSSR count). The van der Waals surface area contributed by atoms with Crippen LogP contribution in [0.3, 0.4) is 0 Å². The van der Waals surface area contributed by atoms with Gasteiger partial charge in [-0.3, -0.25) is 4.79 Å². The lowest BCUT2D eigenvalue weighted by Gasteiger charge is -2.05. The van der Waals surface area contributed by atoms with Crippen LogP contribution in [0.1, 0.15) is 43.3 Å². The van der Waals surface area contributed by atoms with Crippen molar-refractivity contribution in [2.24, 2.45) is 5.92 Å². The molecule has 1 aliphatic carbocycles. The summed E-state index contributed by atoms with van der Waals surface area (Å²) in [5, 5.41) is 6.14. The first-order valence-electron chi connectivity index (χ1n) is 7.77. The highest BCUT2D eigenvalue weighted by Crippen LogP contribution is 2.47. The van der Waals surface area contributed by atoms with Crippen LogP contribution in [0.15, 0.2) is 40.8 Å². The van der Waals surface area contributed by atoms with Crippen LogP contribution in [-0.4, -0.2) is 5.91 Å². The molecule has 0 aliphatic heterocycles. The molecular weight excluding hydrogens is 276 g/mol. The molecule has 1 aromatic heterocycles. The van der Waals surface area contributed by atoms with E-state index in [4.69, 9.17) is 4.42 Å². The predicted molar refractivity (Wildman–Crippen MR) is 86.5 cm³/mol. The van der Waals surface area contributed by atoms with Gasteiger partial charge in [-0.2, -0.15) is 0 Å². The maximum absolute atomic E-state index is 11.0. The van der Waals surface area contributed by atoms with Crippen LogP contribution < -0.4 is 10.6 Å². The van der Waals surface area contributed by atoms with Crippen molar-refractivity contribution in [1.82, 2.24) is 5.32 Å². The van der Waals surface area contributed by atoms with Crippen molar-refractivity contribution in [3.05, 3.63) is 53.5 Å². The van der Waals surface area contributed by atoms with Gasteiger partial charge in [-0.15, -0.1) is 0 Å². The van der Waals surface area contributed by atoms with Crippen LogP contribution in [0.5, 0.6) is 0 Å². The van der Waals surface area contributed by atoms with Crippen molar-refractivity contribution in [3.63, 3.8) is 0 Å². The SMILES string of the molecule is CC(=O)Nc1ccc(CNCc2ccc([C@@H]3C[C@@H]3C)o2)cc1. The number of carbonyl (C=O) groups is 1. The Hall–Kier alpha value is -2.07. The van der Waals surface area contributed by atoms with E-state index in [-0.39, 0.29) is 5.91 Å². The molecule has 2 N–H and O–H groups in total. The average molecular weight is 298 g/mol. The van der Waals surface area contributed by atoms with Gasteiger partial charge >= 0.3 is 0 Å². The highest BCUT2D eigenvalue weighted by Gasteiger charge is 2.36. The second-order valence-corrected chi connectivity index (χ2v) is 6.11. The number of benzene rings is 1. The molecule has 1 heterocycles. The van der Waals surface area contributed by atoms with E-state index in [1.165, 1.54) is 18.9 Å². The maximum atomic E-state index is 11.0. The quantitative estimate of drug-likeness (QED) is 0.856. The minimum absolute atomic E-state index is 0.0514. The van der Waals surface area contributed by atoms with E-state index in [1.54, 1.807) is 0 Å². The van der Waals surface area contributed by atoms with Crippen molar-refractivity contribution >= 4 is 11.6 Å². The van der Waals surface area contributed by atoms with Crippen molar-refractivity contribution in [2.45, 2.75) is 39.3 Å². The predicted octanol–water partition coefficient (Wildman–Crippen LogP) is 3.65. The Kier molecular flexibility index (Phi) is 4.29. The molecule has 1 amide bonds. The third-order valence-electron chi connectivity index (χ3n) is 4.06. The Bertz CT molecular complexity index is 645. The summed E-state index contributed by atoms with van der Waals surface area (Å²) in [6, 6.07) is 12.0. The van der Waals surface area contributed by atoms with E-state index in [0.717, 1.165) is 36.2 Å². The van der Waals surface area contributed by atoms with Gasteiger partial charge in [0.1, 0.15) is 11.5 Å². The summed E-state index contributed by atoms with van der Waals surface area (Å²) >= 11 is 0. The van der Waals surface area contributed by atoms with Gasteiger partial charge in [0.15, 0.2) is 0 Å². The van der Waals surface area contributed by atoms with Crippen LogP contribution in [0, 0.1) is 5.92 Å². The van der Waals surface area contributed by atoms with Crippen molar-refractivity contribution < 1.29 is 9.21 Å². The Balaban J connectivity index is 1.46. The first-order valence-corrected chi connectivity index (χ1v) is 7.77. The Morgan fingerprint density at radius 1 is 1.18 bits per heavy atom. The van der Waals surface area contributed by atoms with Gasteiger partial charge in [-0.05, 0) is 42.2 Å². The fraction of sp³-hybridized carbons (Fsp3) is 0.389. The van der Waals surface area contributed by atoms with E-state index in [1.807, 2.05) is 24.3 Å². The van der Waals surface area contributed by atoms with E-state index in [9.17, 15) is 4.79 Å². The third-order valence-corrected chi connectivity index (χ3v) is 4.06. The number of carbonyl (C=O) groups excluding carboxylic acids is 1. The average Bonchev–Trinajstić information content (AvgIpc) is 3.03. The topological polar surface area (TPSA) is 54.3 Å². The second-order valence-electron chi connectivity index (χ2n) is 6.11. The number of hydrogen-bond donors (Lipinski definition) is 2. The first-order chi connectivity index (χ1) is 10.6. The number of rotatable bonds is 6. The summed E-state index contributed by atoms with van der Waals surface area (Å²) in [7, 11) is 0. The fourth-order valence-corrected chi connectivity index (χ4v) is 2.65. The van der Waals surface area contributed by atoms with Crippen molar-refractivity contribution in [1.29, 1.82) is 0 Å². The summed E-state index contributed by atoms with van der Waals surface area (Å²) in [6.07, 6.45) is 1.25. The molecule has 116 valence electrons. The van der Waals surface area contributed by atoms with Crippen LogP contribution >= 0.6 is 0 Å². The first kappa shape index (κ1) is 14.9. The lowest BCUT2D eigenvalue weighted by atomic mass is 10.2. The van der Waals surface area contributed by atoms with Gasteiger partial charge in [0.25, 0.3) is 0 Å². The minimum Gasteiger partial charge on any atom is -0.464 e. The summed E-state index contributed by atoms with van der Waals surface area (Å²) < 4.78 is 5.87. The Labute approximate surface area is 130 Å². The van der Waals surface area contributed by atoms with Crippen molar-refractivity contribution in [2.75, 3.05) is 5.32 Å². The molecule has 1 fully saturated rings. The van der Waals surface area contributed by atoms with E-state index in [0.29, 0.717) is 5.92 Å². The summed E-state index contributed by atoms with van der Waals surface area (Å²) in [6.45, 7) is 5.27. The molecular formula is C18H22N2O2. The van der Waals surface area contributed by atoms with Crippen molar-refractivity contribution in [3.8, 4) is 0 Å². The van der Waals surface area contributed by atoms with Gasteiger partial charge in [0.05, 0.1) is 6.54 Å². The zero-order chi connectivity index (χ0) is 15.5. The smallest absolute Gasteiger partial charge is 0.221 e. The number of nitrogens with one attached hydrogen (secondary N) is 2. The molecule has 1 aliphatic rings. The highest BCUT2D eigenvalue weighted by atomic mass is 16.3. The molecule has 4 heteroatoms. The minimum atomic E-state index is -0.0514. The largest absolute Gasteiger partial charge is 0.464 e. The van der Waals surface area contributed by atoms with Gasteiger partial charge in [-0.25, -0.2) is 0 Å². The molecule has 2 aromatic rings. The number of hydrogen-bond acceptors (Lipinski definition) is 3. The molecule has 0 spiro atoms. The second kappa shape index (κ2) is 6.36. The van der Waals surface area contributed by atoms with Gasteiger partial charge in [0, 0.05) is 25.1 Å². The van der Waals surface area contributed by atoms with Crippen LogP contribution in [0.2, 0.25) is 0 Å². The van der Waals surface area contributed by atoms with Gasteiger partial charge in [0.2, 0.25) is 5.91 Å². The van der Waals surface area contributed by atoms with E-state index < -0.39 is 0 Å². The molecule has 4 nitrogen and oxygen atoms in total. The lowest BCUT2D eigenvalue weighted by molar-refractivity contribution is -0.114. The van der Waals surface area contributed by atoms with E-state index in [2.05, 4.69) is 29.7 Å². The number of amides is 1. The molecule has 1 aromatic carbocycles. The standard InChI is InChI=1S/C18H22N2O2/c1-12-9-17(12)18-8-7-16(22-18)11-19-10-14-3-5-15(6-4-14)20-13(2)21/h3-8,12,17,19H,9-11H2,1-2H3,(H,20,21)/t12-,17+/m0/s1.